The summed E-state index contributed by atoms with van der Waals surface area (Å²) in [5.41, 5.74) is 4.43. The second-order valence-electron chi connectivity index (χ2n) is 10.4. The van der Waals surface area contributed by atoms with Crippen LogP contribution in [-0.2, 0) is 24.3 Å². The fraction of sp³-hybridized carbons (Fsp3) is 0.387. The van der Waals surface area contributed by atoms with Crippen LogP contribution in [0.25, 0.3) is 0 Å². The standard InChI is InChI=1S/C31H37N5O3/c1-23-12-17-36(21-29(38)35-14-5-6-15-35)31(23)33-30(32-2)25-10-7-11-28(18-25)39-22-27(37)20-34-16-13-24-8-3-4-9-26(24)19-34/h3-4,7-12,17-18,27,37H,2,5-6,13-16,19-22H2,1H3/b33-30-. The van der Waals surface area contributed by atoms with Crippen LogP contribution in [0, 0.1) is 6.92 Å². The monoisotopic (exact) mass is 527 g/mol. The van der Waals surface area contributed by atoms with Gasteiger partial charge in [-0.25, -0.2) is 9.98 Å². The number of aliphatic hydroxyl groups excluding tert-OH is 1. The molecule has 3 heterocycles. The van der Waals surface area contributed by atoms with E-state index in [-0.39, 0.29) is 19.1 Å². The van der Waals surface area contributed by atoms with Crippen molar-refractivity contribution >= 4 is 24.3 Å². The summed E-state index contributed by atoms with van der Waals surface area (Å²) in [7, 11) is 0. The number of carbonyl (C=O) groups excluding carboxylic acids is 1. The number of rotatable bonds is 9. The number of fused-ring (bicyclic) bond motifs is 1. The van der Waals surface area contributed by atoms with Crippen LogP contribution in [-0.4, -0.2) is 76.8 Å². The molecule has 2 aliphatic rings. The first-order valence-corrected chi connectivity index (χ1v) is 13.7. The Bertz CT molecular complexity index is 1340. The van der Waals surface area contributed by atoms with Crippen LogP contribution >= 0.6 is 0 Å². The first-order chi connectivity index (χ1) is 19.0. The summed E-state index contributed by atoms with van der Waals surface area (Å²) in [6.07, 6.45) is 4.41. The van der Waals surface area contributed by atoms with E-state index in [1.807, 2.05) is 52.9 Å². The van der Waals surface area contributed by atoms with Gasteiger partial charge in [-0.3, -0.25) is 9.69 Å². The lowest BCUT2D eigenvalue weighted by molar-refractivity contribution is -0.130. The number of carbonyl (C=O) groups is 1. The Kier molecular flexibility index (Phi) is 8.54. The molecule has 1 unspecified atom stereocenters. The second-order valence-corrected chi connectivity index (χ2v) is 10.4. The van der Waals surface area contributed by atoms with E-state index in [2.05, 4.69) is 40.9 Å². The van der Waals surface area contributed by atoms with Gasteiger partial charge in [-0.05, 0) is 67.8 Å². The average molecular weight is 528 g/mol. The van der Waals surface area contributed by atoms with Crippen molar-refractivity contribution in [2.24, 2.45) is 9.98 Å². The van der Waals surface area contributed by atoms with Crippen LogP contribution in [0.3, 0.4) is 0 Å². The lowest BCUT2D eigenvalue weighted by Gasteiger charge is -2.30. The van der Waals surface area contributed by atoms with Crippen LogP contribution in [0.2, 0.25) is 0 Å². The molecule has 1 fully saturated rings. The second kappa shape index (κ2) is 12.4. The highest BCUT2D eigenvalue weighted by Crippen LogP contribution is 2.24. The van der Waals surface area contributed by atoms with Crippen molar-refractivity contribution in [1.82, 2.24) is 14.4 Å². The van der Waals surface area contributed by atoms with Crippen LogP contribution in [0.4, 0.5) is 5.82 Å². The Morgan fingerprint density at radius 1 is 1.08 bits per heavy atom. The Morgan fingerprint density at radius 3 is 2.67 bits per heavy atom. The predicted molar refractivity (Wildman–Crippen MR) is 154 cm³/mol. The minimum absolute atomic E-state index is 0.107. The number of aliphatic hydroxyl groups is 1. The van der Waals surface area contributed by atoms with Gasteiger partial charge in [-0.1, -0.05) is 36.4 Å². The predicted octanol–water partition coefficient (Wildman–Crippen LogP) is 4.00. The Balaban J connectivity index is 1.22. The zero-order chi connectivity index (χ0) is 27.2. The number of aromatic nitrogens is 1. The third-order valence-corrected chi connectivity index (χ3v) is 7.47. The molecule has 204 valence electrons. The van der Waals surface area contributed by atoms with Crippen molar-refractivity contribution in [3.63, 3.8) is 0 Å². The number of aryl methyl sites for hydroxylation is 1. The van der Waals surface area contributed by atoms with Gasteiger partial charge in [-0.15, -0.1) is 0 Å². The smallest absolute Gasteiger partial charge is 0.242 e. The van der Waals surface area contributed by atoms with E-state index in [9.17, 15) is 9.90 Å². The fourth-order valence-corrected chi connectivity index (χ4v) is 5.34. The highest BCUT2D eigenvalue weighted by molar-refractivity contribution is 6.03. The van der Waals surface area contributed by atoms with Crippen molar-refractivity contribution in [3.8, 4) is 5.75 Å². The molecule has 8 nitrogen and oxygen atoms in total. The molecule has 1 atom stereocenters. The highest BCUT2D eigenvalue weighted by Gasteiger charge is 2.20. The van der Waals surface area contributed by atoms with E-state index in [1.165, 1.54) is 11.1 Å². The minimum atomic E-state index is -0.608. The van der Waals surface area contributed by atoms with Crippen molar-refractivity contribution in [3.05, 3.63) is 83.0 Å². The van der Waals surface area contributed by atoms with E-state index in [0.717, 1.165) is 56.6 Å². The molecule has 1 N–H and O–H groups in total. The first kappa shape index (κ1) is 26.8. The molecule has 1 amide bonds. The number of nitrogens with zero attached hydrogens (tertiary/aromatic N) is 5. The summed E-state index contributed by atoms with van der Waals surface area (Å²) in [6, 6.07) is 17.9. The molecule has 8 heteroatoms. The summed E-state index contributed by atoms with van der Waals surface area (Å²) in [6.45, 7) is 10.1. The molecule has 2 aliphatic heterocycles. The summed E-state index contributed by atoms with van der Waals surface area (Å²) in [4.78, 5) is 25.9. The molecule has 0 saturated carbocycles. The van der Waals surface area contributed by atoms with E-state index < -0.39 is 6.10 Å². The number of ether oxygens (including phenoxy) is 1. The maximum Gasteiger partial charge on any atom is 0.242 e. The van der Waals surface area contributed by atoms with Gasteiger partial charge >= 0.3 is 0 Å². The molecule has 1 saturated heterocycles. The number of amides is 1. The molecule has 39 heavy (non-hydrogen) atoms. The van der Waals surface area contributed by atoms with Gasteiger partial charge < -0.3 is 19.3 Å². The Morgan fingerprint density at radius 2 is 1.87 bits per heavy atom. The molecular formula is C31H37N5O3. The van der Waals surface area contributed by atoms with Gasteiger partial charge in [0, 0.05) is 44.5 Å². The molecule has 0 spiro atoms. The third-order valence-electron chi connectivity index (χ3n) is 7.47. The van der Waals surface area contributed by atoms with Gasteiger partial charge in [-0.2, -0.15) is 0 Å². The molecule has 0 radical (unpaired) electrons. The third kappa shape index (κ3) is 6.64. The van der Waals surface area contributed by atoms with E-state index in [1.54, 1.807) is 0 Å². The largest absolute Gasteiger partial charge is 0.491 e. The number of likely N-dealkylation sites (tertiary alicyclic amines) is 1. The minimum Gasteiger partial charge on any atom is -0.491 e. The molecule has 5 rings (SSSR count). The summed E-state index contributed by atoms with van der Waals surface area (Å²) >= 11 is 0. The zero-order valence-corrected chi connectivity index (χ0v) is 22.6. The number of aliphatic imine (C=N–C) groups is 2. The molecule has 2 aromatic carbocycles. The number of hydrogen-bond donors (Lipinski definition) is 1. The number of β-amino-alcohol motifs (C(OH)–C–C–N with tert-alkyl or cyclic N) is 1. The molecule has 0 aliphatic carbocycles. The number of benzene rings is 2. The van der Waals surface area contributed by atoms with Gasteiger partial charge in [0.25, 0.3) is 0 Å². The Labute approximate surface area is 230 Å². The van der Waals surface area contributed by atoms with Gasteiger partial charge in [0.2, 0.25) is 5.91 Å². The lowest BCUT2D eigenvalue weighted by Crippen LogP contribution is -2.38. The molecule has 3 aromatic rings. The quantitative estimate of drug-likeness (QED) is 0.337. The summed E-state index contributed by atoms with van der Waals surface area (Å²) < 4.78 is 7.83. The maximum absolute atomic E-state index is 12.7. The molecule has 1 aromatic heterocycles. The maximum atomic E-state index is 12.7. The van der Waals surface area contributed by atoms with Gasteiger partial charge in [0.15, 0.2) is 5.84 Å². The highest BCUT2D eigenvalue weighted by atomic mass is 16.5. The van der Waals surface area contributed by atoms with Crippen molar-refractivity contribution < 1.29 is 14.6 Å². The van der Waals surface area contributed by atoms with E-state index in [4.69, 9.17) is 9.73 Å². The Hall–Kier alpha value is -3.75. The van der Waals surface area contributed by atoms with Crippen LogP contribution in [0.15, 0.2) is 70.8 Å². The first-order valence-electron chi connectivity index (χ1n) is 13.7. The topological polar surface area (TPSA) is 82.7 Å². The van der Waals surface area contributed by atoms with E-state index >= 15 is 0 Å². The SMILES string of the molecule is C=N/C(=N\c1c(C)ccn1CC(=O)N1CCCC1)c1cccc(OCC(O)CN2CCc3ccccc3C2)c1. The van der Waals surface area contributed by atoms with Crippen molar-refractivity contribution in [2.75, 3.05) is 32.8 Å². The summed E-state index contributed by atoms with van der Waals surface area (Å²) in [5, 5.41) is 10.7. The van der Waals surface area contributed by atoms with Crippen molar-refractivity contribution in [2.45, 2.75) is 45.4 Å². The zero-order valence-electron chi connectivity index (χ0n) is 22.6. The van der Waals surface area contributed by atoms with Gasteiger partial charge in [0.05, 0.1) is 0 Å². The normalized spacial score (nSPS) is 16.7. The van der Waals surface area contributed by atoms with Crippen LogP contribution in [0.1, 0.15) is 35.1 Å². The molecule has 0 bridgehead atoms. The average Bonchev–Trinajstić information content (AvgIpc) is 3.61. The number of hydrogen-bond acceptors (Lipinski definition) is 5. The fourth-order valence-electron chi connectivity index (χ4n) is 5.34. The van der Waals surface area contributed by atoms with Gasteiger partial charge in [0.1, 0.15) is 30.8 Å². The number of amidine groups is 1. The van der Waals surface area contributed by atoms with E-state index in [0.29, 0.717) is 23.9 Å². The van der Waals surface area contributed by atoms with Crippen LogP contribution < -0.4 is 4.74 Å². The van der Waals surface area contributed by atoms with Crippen molar-refractivity contribution in [1.29, 1.82) is 0 Å². The van der Waals surface area contributed by atoms with Crippen LogP contribution in [0.5, 0.6) is 5.75 Å². The lowest BCUT2D eigenvalue weighted by atomic mass is 10.00. The molecular weight excluding hydrogens is 490 g/mol. The summed E-state index contributed by atoms with van der Waals surface area (Å²) in [5.74, 6) is 1.87.